The van der Waals surface area contributed by atoms with Crippen LogP contribution in [0.25, 0.3) is 0 Å². The summed E-state index contributed by atoms with van der Waals surface area (Å²) in [5, 5.41) is 0. The van der Waals surface area contributed by atoms with Gasteiger partial charge in [-0.05, 0) is 23.8 Å². The van der Waals surface area contributed by atoms with Crippen molar-refractivity contribution in [3.8, 4) is 5.75 Å². The quantitative estimate of drug-likeness (QED) is 0.600. The van der Waals surface area contributed by atoms with Crippen LogP contribution >= 0.6 is 0 Å². The fourth-order valence-electron chi connectivity index (χ4n) is 1.41. The fourth-order valence-corrected chi connectivity index (χ4v) is 1.41. The maximum absolute atomic E-state index is 11.6. The van der Waals surface area contributed by atoms with E-state index in [9.17, 15) is 4.79 Å². The number of furan rings is 1. The minimum atomic E-state index is -0.437. The molecular weight excluding hydrogens is 220 g/mol. The highest BCUT2D eigenvalue weighted by atomic mass is 16.5. The molecule has 0 atom stereocenters. The normalized spacial score (nSPS) is 10.2. The average molecular weight is 232 g/mol. The van der Waals surface area contributed by atoms with Crippen LogP contribution in [0.2, 0.25) is 0 Å². The van der Waals surface area contributed by atoms with Gasteiger partial charge in [-0.3, -0.25) is 0 Å². The number of esters is 1. The molecule has 4 nitrogen and oxygen atoms in total. The van der Waals surface area contributed by atoms with Gasteiger partial charge in [-0.1, -0.05) is 12.1 Å². The summed E-state index contributed by atoms with van der Waals surface area (Å²) in [4.78, 5) is 11.6. The lowest BCUT2D eigenvalue weighted by Gasteiger charge is -2.04. The summed E-state index contributed by atoms with van der Waals surface area (Å²) in [6, 6.07) is 8.75. The third-order valence-corrected chi connectivity index (χ3v) is 2.18. The van der Waals surface area contributed by atoms with Gasteiger partial charge in [-0.15, -0.1) is 0 Å². The molecule has 0 aliphatic carbocycles. The first-order chi connectivity index (χ1) is 8.29. The molecule has 2 rings (SSSR count). The number of hydrogen-bond donors (Lipinski definition) is 0. The Morgan fingerprint density at radius 2 is 2.24 bits per heavy atom. The fraction of sp³-hybridized carbons (Fsp3) is 0.154. The molecule has 1 heterocycles. The van der Waals surface area contributed by atoms with Crippen molar-refractivity contribution in [1.82, 2.24) is 0 Å². The second-order valence-corrected chi connectivity index (χ2v) is 3.48. The number of ether oxygens (including phenoxy) is 2. The molecule has 4 heteroatoms. The van der Waals surface area contributed by atoms with Crippen LogP contribution in [0.4, 0.5) is 0 Å². The Morgan fingerprint density at radius 3 is 2.94 bits per heavy atom. The molecule has 0 saturated carbocycles. The van der Waals surface area contributed by atoms with Crippen LogP contribution < -0.4 is 4.74 Å². The van der Waals surface area contributed by atoms with Gasteiger partial charge in [0, 0.05) is 7.11 Å². The zero-order valence-corrected chi connectivity index (χ0v) is 9.38. The predicted octanol–water partition coefficient (Wildman–Crippen LogP) is 2.65. The Bertz CT molecular complexity index is 488. The molecule has 0 bridgehead atoms. The van der Waals surface area contributed by atoms with Crippen molar-refractivity contribution >= 4 is 5.97 Å². The molecule has 1 aromatic carbocycles. The van der Waals surface area contributed by atoms with Crippen LogP contribution in [0, 0.1) is 0 Å². The number of carbonyl (C=O) groups excluding carboxylic acids is 1. The number of methoxy groups -OCH3 is 1. The minimum Gasteiger partial charge on any atom is -0.472 e. The van der Waals surface area contributed by atoms with E-state index in [-0.39, 0.29) is 0 Å². The highest BCUT2D eigenvalue weighted by Crippen LogP contribution is 2.15. The molecule has 0 unspecified atom stereocenters. The molecule has 88 valence electrons. The Morgan fingerprint density at radius 1 is 1.35 bits per heavy atom. The summed E-state index contributed by atoms with van der Waals surface area (Å²) in [7, 11) is 1.62. The van der Waals surface area contributed by atoms with E-state index in [0.29, 0.717) is 17.9 Å². The first-order valence-electron chi connectivity index (χ1n) is 5.12. The van der Waals surface area contributed by atoms with Gasteiger partial charge in [0.15, 0.2) is 0 Å². The third-order valence-electron chi connectivity index (χ3n) is 2.18. The molecule has 1 aromatic heterocycles. The van der Waals surface area contributed by atoms with Crippen LogP contribution in [0.3, 0.4) is 0 Å². The molecule has 17 heavy (non-hydrogen) atoms. The van der Waals surface area contributed by atoms with Gasteiger partial charge >= 0.3 is 5.97 Å². The third kappa shape index (κ3) is 2.95. The van der Waals surface area contributed by atoms with E-state index in [0.717, 1.165) is 5.56 Å². The van der Waals surface area contributed by atoms with Crippen LogP contribution in [0.5, 0.6) is 5.75 Å². The highest BCUT2D eigenvalue weighted by Gasteiger charge is 2.09. The molecule has 0 aliphatic rings. The van der Waals surface area contributed by atoms with E-state index in [1.807, 2.05) is 12.1 Å². The molecule has 0 aliphatic heterocycles. The Kier molecular flexibility index (Phi) is 3.57. The number of benzene rings is 1. The first kappa shape index (κ1) is 11.4. The van der Waals surface area contributed by atoms with Gasteiger partial charge in [0.1, 0.15) is 12.0 Å². The van der Waals surface area contributed by atoms with E-state index in [1.165, 1.54) is 12.5 Å². The van der Waals surface area contributed by atoms with E-state index < -0.39 is 5.97 Å². The number of rotatable bonds is 4. The second kappa shape index (κ2) is 5.32. The second-order valence-electron chi connectivity index (χ2n) is 3.48. The van der Waals surface area contributed by atoms with Gasteiger partial charge < -0.3 is 13.9 Å². The first-order valence-corrected chi connectivity index (χ1v) is 5.12. The topological polar surface area (TPSA) is 48.7 Å². The lowest BCUT2D eigenvalue weighted by Crippen LogP contribution is -2.07. The summed E-state index contributed by atoms with van der Waals surface area (Å²) < 4.78 is 15.0. The molecule has 0 fully saturated rings. The van der Waals surface area contributed by atoms with Crippen molar-refractivity contribution in [2.45, 2.75) is 6.61 Å². The van der Waals surface area contributed by atoms with E-state index in [1.54, 1.807) is 25.3 Å². The Hall–Kier alpha value is -2.07. The molecule has 2 aromatic rings. The number of hydrogen-bond acceptors (Lipinski definition) is 4. The minimum absolute atomic E-state index is 0.391. The number of carbonyl (C=O) groups is 1. The monoisotopic (exact) mass is 232 g/mol. The Labute approximate surface area is 98.8 Å². The summed E-state index contributed by atoms with van der Waals surface area (Å²) in [5.74, 6) is 0.0547. The Balaban J connectivity index is 2.08. The molecule has 0 radical (unpaired) electrons. The zero-order chi connectivity index (χ0) is 12.1. The summed E-state index contributed by atoms with van der Waals surface area (Å²) >= 11 is 0. The van der Waals surface area contributed by atoms with Crippen LogP contribution in [0.15, 0.2) is 47.3 Å². The van der Waals surface area contributed by atoms with Crippen LogP contribution in [-0.4, -0.2) is 13.1 Å². The average Bonchev–Trinajstić information content (AvgIpc) is 2.83. The van der Waals surface area contributed by atoms with E-state index in [4.69, 9.17) is 13.9 Å². The lowest BCUT2D eigenvalue weighted by molar-refractivity contribution is 0.0733. The SMILES string of the molecule is COCc1cccc(OC(=O)c2ccoc2)c1. The van der Waals surface area contributed by atoms with Crippen LogP contribution in [-0.2, 0) is 11.3 Å². The van der Waals surface area contributed by atoms with Gasteiger partial charge in [-0.2, -0.15) is 0 Å². The standard InChI is InChI=1S/C13H12O4/c1-15-8-10-3-2-4-12(7-10)17-13(14)11-5-6-16-9-11/h2-7,9H,8H2,1H3. The predicted molar refractivity (Wildman–Crippen MR) is 60.8 cm³/mol. The van der Waals surface area contributed by atoms with Crippen molar-refractivity contribution in [2.75, 3.05) is 7.11 Å². The van der Waals surface area contributed by atoms with Crippen molar-refractivity contribution in [1.29, 1.82) is 0 Å². The molecule has 0 spiro atoms. The van der Waals surface area contributed by atoms with Gasteiger partial charge in [-0.25, -0.2) is 4.79 Å². The lowest BCUT2D eigenvalue weighted by atomic mass is 10.2. The van der Waals surface area contributed by atoms with Crippen LogP contribution in [0.1, 0.15) is 15.9 Å². The summed E-state index contributed by atoms with van der Waals surface area (Å²) in [5.41, 5.74) is 1.34. The highest BCUT2D eigenvalue weighted by molar-refractivity contribution is 5.90. The van der Waals surface area contributed by atoms with E-state index in [2.05, 4.69) is 0 Å². The maximum atomic E-state index is 11.6. The smallest absolute Gasteiger partial charge is 0.346 e. The van der Waals surface area contributed by atoms with Crippen molar-refractivity contribution in [2.24, 2.45) is 0 Å². The summed E-state index contributed by atoms with van der Waals surface area (Å²) in [6.45, 7) is 0.483. The van der Waals surface area contributed by atoms with Crippen molar-refractivity contribution in [3.05, 3.63) is 54.0 Å². The molecular formula is C13H12O4. The van der Waals surface area contributed by atoms with Gasteiger partial charge in [0.05, 0.1) is 18.4 Å². The molecule has 0 saturated heterocycles. The van der Waals surface area contributed by atoms with Crippen molar-refractivity contribution in [3.63, 3.8) is 0 Å². The van der Waals surface area contributed by atoms with Gasteiger partial charge in [0.2, 0.25) is 0 Å². The maximum Gasteiger partial charge on any atom is 0.346 e. The van der Waals surface area contributed by atoms with Gasteiger partial charge in [0.25, 0.3) is 0 Å². The van der Waals surface area contributed by atoms with E-state index >= 15 is 0 Å². The zero-order valence-electron chi connectivity index (χ0n) is 9.38. The largest absolute Gasteiger partial charge is 0.472 e. The summed E-state index contributed by atoms with van der Waals surface area (Å²) in [6.07, 6.45) is 2.78. The molecule has 0 N–H and O–H groups in total. The molecule has 0 amide bonds. The van der Waals surface area contributed by atoms with Crippen molar-refractivity contribution < 1.29 is 18.7 Å².